The number of alkyl halides is 2. The fourth-order valence-electron chi connectivity index (χ4n) is 2.67. The standard InChI is InChI=1S/C13H22F2N2O4/c1-20-8-11(18)16-9-7-21-10(12(9)19)6-17-4-2-13(14,15)3-5-17/h9-10,12,19H,2-8H2,1H3,(H,16,18)/t9-,10-,12+/m0/s1. The minimum atomic E-state index is -2.58. The molecule has 2 rings (SSSR count). The Kier molecular flexibility index (Phi) is 5.48. The summed E-state index contributed by atoms with van der Waals surface area (Å²) < 4.78 is 36.3. The number of methoxy groups -OCH3 is 1. The van der Waals surface area contributed by atoms with E-state index in [2.05, 4.69) is 5.32 Å². The molecule has 2 aliphatic heterocycles. The molecule has 8 heteroatoms. The molecule has 2 N–H and O–H groups in total. The predicted molar refractivity (Wildman–Crippen MR) is 70.2 cm³/mol. The third-order valence-electron chi connectivity index (χ3n) is 3.93. The van der Waals surface area contributed by atoms with Gasteiger partial charge < -0.3 is 24.8 Å². The summed E-state index contributed by atoms with van der Waals surface area (Å²) in [5.41, 5.74) is 0. The number of hydrogen-bond donors (Lipinski definition) is 2. The van der Waals surface area contributed by atoms with E-state index < -0.39 is 24.2 Å². The maximum atomic E-state index is 13.1. The first kappa shape index (κ1) is 16.5. The number of carbonyl (C=O) groups is 1. The van der Waals surface area contributed by atoms with Crippen molar-refractivity contribution in [3.05, 3.63) is 0 Å². The van der Waals surface area contributed by atoms with E-state index in [1.165, 1.54) is 7.11 Å². The molecule has 0 saturated carbocycles. The van der Waals surface area contributed by atoms with Gasteiger partial charge in [-0.3, -0.25) is 4.79 Å². The maximum Gasteiger partial charge on any atom is 0.250 e. The second-order valence-corrected chi connectivity index (χ2v) is 5.63. The Hall–Kier alpha value is -0.830. The Bertz CT molecular complexity index is 360. The Balaban J connectivity index is 1.77. The molecule has 3 atom stereocenters. The van der Waals surface area contributed by atoms with Crippen molar-refractivity contribution in [3.63, 3.8) is 0 Å². The van der Waals surface area contributed by atoms with Crippen LogP contribution in [0.1, 0.15) is 12.8 Å². The van der Waals surface area contributed by atoms with E-state index in [1.54, 1.807) is 0 Å². The Labute approximate surface area is 122 Å². The normalized spacial score (nSPS) is 33.0. The minimum absolute atomic E-state index is 0.0743. The number of amides is 1. The Morgan fingerprint density at radius 3 is 2.76 bits per heavy atom. The summed E-state index contributed by atoms with van der Waals surface area (Å²) >= 11 is 0. The molecule has 2 saturated heterocycles. The number of ether oxygens (including phenoxy) is 2. The first-order valence-electron chi connectivity index (χ1n) is 7.09. The topological polar surface area (TPSA) is 71.0 Å². The number of rotatable bonds is 5. The molecule has 0 aromatic carbocycles. The fourth-order valence-corrected chi connectivity index (χ4v) is 2.67. The van der Waals surface area contributed by atoms with E-state index in [4.69, 9.17) is 9.47 Å². The van der Waals surface area contributed by atoms with Crippen molar-refractivity contribution in [1.29, 1.82) is 0 Å². The van der Waals surface area contributed by atoms with Gasteiger partial charge in [0.25, 0.3) is 5.92 Å². The van der Waals surface area contributed by atoms with Crippen molar-refractivity contribution in [3.8, 4) is 0 Å². The molecule has 6 nitrogen and oxygen atoms in total. The number of aliphatic hydroxyl groups excluding tert-OH is 1. The second kappa shape index (κ2) is 6.95. The molecule has 0 aliphatic carbocycles. The van der Waals surface area contributed by atoms with Crippen LogP contribution in [-0.2, 0) is 14.3 Å². The van der Waals surface area contributed by atoms with Crippen LogP contribution in [0.4, 0.5) is 8.78 Å². The lowest BCUT2D eigenvalue weighted by molar-refractivity contribution is -0.126. The van der Waals surface area contributed by atoms with Crippen molar-refractivity contribution in [2.75, 3.05) is 40.0 Å². The number of piperidine rings is 1. The Morgan fingerprint density at radius 2 is 2.14 bits per heavy atom. The summed E-state index contributed by atoms with van der Waals surface area (Å²) in [6.07, 6.45) is -1.63. The average molecular weight is 308 g/mol. The number of nitrogens with one attached hydrogen (secondary N) is 1. The average Bonchev–Trinajstić information content (AvgIpc) is 2.74. The third kappa shape index (κ3) is 4.57. The predicted octanol–water partition coefficient (Wildman–Crippen LogP) is -0.392. The number of nitrogens with zero attached hydrogens (tertiary/aromatic N) is 1. The van der Waals surface area contributed by atoms with Gasteiger partial charge in [0.1, 0.15) is 12.7 Å². The lowest BCUT2D eigenvalue weighted by Crippen LogP contribution is -2.49. The molecular weight excluding hydrogens is 286 g/mol. The molecular formula is C13H22F2N2O4. The van der Waals surface area contributed by atoms with Gasteiger partial charge in [0.2, 0.25) is 5.91 Å². The molecule has 21 heavy (non-hydrogen) atoms. The summed E-state index contributed by atoms with van der Waals surface area (Å²) in [4.78, 5) is 13.3. The van der Waals surface area contributed by atoms with Crippen molar-refractivity contribution < 1.29 is 28.2 Å². The maximum absolute atomic E-state index is 13.1. The zero-order valence-corrected chi connectivity index (χ0v) is 12.1. The number of likely N-dealkylation sites (tertiary alicyclic amines) is 1. The lowest BCUT2D eigenvalue weighted by Gasteiger charge is -2.33. The Morgan fingerprint density at radius 1 is 1.48 bits per heavy atom. The number of carbonyl (C=O) groups excluding carboxylic acids is 1. The van der Waals surface area contributed by atoms with Gasteiger partial charge in [0.15, 0.2) is 0 Å². The van der Waals surface area contributed by atoms with Gasteiger partial charge >= 0.3 is 0 Å². The smallest absolute Gasteiger partial charge is 0.250 e. The molecule has 0 radical (unpaired) electrons. The van der Waals surface area contributed by atoms with E-state index in [1.807, 2.05) is 4.90 Å². The van der Waals surface area contributed by atoms with Gasteiger partial charge in [-0.1, -0.05) is 0 Å². The first-order valence-corrected chi connectivity index (χ1v) is 7.09. The first-order chi connectivity index (χ1) is 9.91. The summed E-state index contributed by atoms with van der Waals surface area (Å²) in [6, 6.07) is -0.483. The van der Waals surface area contributed by atoms with Crippen molar-refractivity contribution in [2.45, 2.75) is 37.0 Å². The zero-order chi connectivity index (χ0) is 15.5. The molecule has 2 fully saturated rings. The van der Waals surface area contributed by atoms with Crippen molar-refractivity contribution in [2.24, 2.45) is 0 Å². The molecule has 0 unspecified atom stereocenters. The van der Waals surface area contributed by atoms with E-state index in [0.717, 1.165) is 0 Å². The van der Waals surface area contributed by atoms with Crippen LogP contribution in [0, 0.1) is 0 Å². The van der Waals surface area contributed by atoms with Gasteiger partial charge in [-0.25, -0.2) is 8.78 Å². The van der Waals surface area contributed by atoms with Crippen LogP contribution in [0.3, 0.4) is 0 Å². The number of hydrogen-bond acceptors (Lipinski definition) is 5. The van der Waals surface area contributed by atoms with Crippen LogP contribution in [0.5, 0.6) is 0 Å². The SMILES string of the molecule is COCC(=O)N[C@H]1CO[C@@H](CN2CCC(F)(F)CC2)[C@@H]1O. The molecule has 1 amide bonds. The summed E-state index contributed by atoms with van der Waals surface area (Å²) in [5, 5.41) is 12.8. The highest BCUT2D eigenvalue weighted by Gasteiger charge is 2.40. The largest absolute Gasteiger partial charge is 0.388 e. The highest BCUT2D eigenvalue weighted by Crippen LogP contribution is 2.28. The number of halogens is 2. The van der Waals surface area contributed by atoms with Crippen LogP contribution < -0.4 is 5.32 Å². The molecule has 0 aromatic heterocycles. The van der Waals surface area contributed by atoms with E-state index in [9.17, 15) is 18.7 Å². The van der Waals surface area contributed by atoms with Crippen LogP contribution in [-0.4, -0.2) is 80.0 Å². The van der Waals surface area contributed by atoms with Gasteiger partial charge in [0.05, 0.1) is 18.8 Å². The minimum Gasteiger partial charge on any atom is -0.388 e. The molecule has 122 valence electrons. The van der Waals surface area contributed by atoms with Gasteiger partial charge in [-0.05, 0) is 0 Å². The van der Waals surface area contributed by atoms with E-state index in [-0.39, 0.29) is 32.0 Å². The van der Waals surface area contributed by atoms with Crippen LogP contribution in [0.15, 0.2) is 0 Å². The van der Waals surface area contributed by atoms with Gasteiger partial charge in [-0.15, -0.1) is 0 Å². The van der Waals surface area contributed by atoms with Gasteiger partial charge in [0, 0.05) is 39.6 Å². The van der Waals surface area contributed by atoms with Crippen LogP contribution in [0.2, 0.25) is 0 Å². The molecule has 2 aliphatic rings. The van der Waals surface area contributed by atoms with Gasteiger partial charge in [-0.2, -0.15) is 0 Å². The lowest BCUT2D eigenvalue weighted by atomic mass is 10.0. The molecule has 0 bridgehead atoms. The third-order valence-corrected chi connectivity index (χ3v) is 3.93. The van der Waals surface area contributed by atoms with Crippen LogP contribution in [0.25, 0.3) is 0 Å². The molecule has 0 spiro atoms. The monoisotopic (exact) mass is 308 g/mol. The van der Waals surface area contributed by atoms with Crippen LogP contribution >= 0.6 is 0 Å². The second-order valence-electron chi connectivity index (χ2n) is 5.63. The summed E-state index contributed by atoms with van der Waals surface area (Å²) in [7, 11) is 1.41. The molecule has 2 heterocycles. The molecule has 0 aromatic rings. The highest BCUT2D eigenvalue weighted by atomic mass is 19.3. The van der Waals surface area contributed by atoms with E-state index >= 15 is 0 Å². The summed E-state index contributed by atoms with van der Waals surface area (Å²) in [6.45, 7) is 1.12. The van der Waals surface area contributed by atoms with Crippen molar-refractivity contribution in [1.82, 2.24) is 10.2 Å². The quantitative estimate of drug-likeness (QED) is 0.724. The van der Waals surface area contributed by atoms with Crippen molar-refractivity contribution >= 4 is 5.91 Å². The summed E-state index contributed by atoms with van der Waals surface area (Å²) in [5.74, 6) is -2.90. The zero-order valence-electron chi connectivity index (χ0n) is 12.1. The van der Waals surface area contributed by atoms with E-state index in [0.29, 0.717) is 19.6 Å². The number of aliphatic hydroxyl groups is 1. The highest BCUT2D eigenvalue weighted by molar-refractivity contribution is 5.77. The fraction of sp³-hybridized carbons (Fsp3) is 0.923.